The number of thiazole rings is 1. The highest BCUT2D eigenvalue weighted by Crippen LogP contribution is 2.36. The highest BCUT2D eigenvalue weighted by atomic mass is 35.5. The Hall–Kier alpha value is -2.09. The van der Waals surface area contributed by atoms with Gasteiger partial charge < -0.3 is 14.4 Å². The number of aromatic nitrogens is 1. The molecule has 1 saturated heterocycles. The van der Waals surface area contributed by atoms with Crippen LogP contribution in [0.25, 0.3) is 6.08 Å². The summed E-state index contributed by atoms with van der Waals surface area (Å²) < 4.78 is 10.5. The second kappa shape index (κ2) is 9.41. The Morgan fingerprint density at radius 3 is 2.61 bits per heavy atom. The Balaban J connectivity index is 1.56. The first-order valence-electron chi connectivity index (χ1n) is 9.02. The summed E-state index contributed by atoms with van der Waals surface area (Å²) >= 11 is 7.89. The number of hydrogen-bond donors (Lipinski definition) is 0. The molecule has 1 amide bonds. The first kappa shape index (κ1) is 20.6. The van der Waals surface area contributed by atoms with Crippen molar-refractivity contribution in [2.75, 3.05) is 40.4 Å². The molecule has 28 heavy (non-hydrogen) atoms. The van der Waals surface area contributed by atoms with E-state index in [1.807, 2.05) is 11.8 Å². The highest BCUT2D eigenvalue weighted by molar-refractivity contribution is 7.09. The third-order valence-electron chi connectivity index (χ3n) is 4.61. The van der Waals surface area contributed by atoms with Crippen LogP contribution >= 0.6 is 22.9 Å². The Bertz CT molecular complexity index is 860. The second-order valence-electron chi connectivity index (χ2n) is 6.53. The molecule has 1 aliphatic rings. The summed E-state index contributed by atoms with van der Waals surface area (Å²) in [7, 11) is 3.09. The lowest BCUT2D eigenvalue weighted by Crippen LogP contribution is -2.47. The molecular formula is C20H24ClN3O3S. The van der Waals surface area contributed by atoms with E-state index in [0.717, 1.165) is 35.9 Å². The molecule has 0 bridgehead atoms. The van der Waals surface area contributed by atoms with Gasteiger partial charge in [-0.25, -0.2) is 4.98 Å². The number of ether oxygens (including phenoxy) is 2. The molecule has 2 heterocycles. The molecule has 0 aliphatic carbocycles. The van der Waals surface area contributed by atoms with E-state index in [-0.39, 0.29) is 5.91 Å². The molecule has 8 heteroatoms. The molecular weight excluding hydrogens is 398 g/mol. The van der Waals surface area contributed by atoms with E-state index < -0.39 is 0 Å². The number of rotatable bonds is 6. The summed E-state index contributed by atoms with van der Waals surface area (Å²) in [6.07, 6.45) is 3.33. The van der Waals surface area contributed by atoms with Crippen LogP contribution in [0, 0.1) is 6.92 Å². The molecule has 0 N–H and O–H groups in total. The number of carbonyl (C=O) groups excluding carboxylic acids is 1. The van der Waals surface area contributed by atoms with Gasteiger partial charge in [0.25, 0.3) is 0 Å². The number of carbonyl (C=O) groups is 1. The molecule has 1 aliphatic heterocycles. The normalized spacial score (nSPS) is 15.2. The number of amides is 1. The third kappa shape index (κ3) is 5.04. The molecule has 0 atom stereocenters. The van der Waals surface area contributed by atoms with Crippen molar-refractivity contribution in [3.63, 3.8) is 0 Å². The van der Waals surface area contributed by atoms with E-state index in [4.69, 9.17) is 21.1 Å². The van der Waals surface area contributed by atoms with E-state index in [1.165, 1.54) is 7.11 Å². The Morgan fingerprint density at radius 1 is 1.25 bits per heavy atom. The quantitative estimate of drug-likeness (QED) is 0.668. The Morgan fingerprint density at radius 2 is 2.00 bits per heavy atom. The van der Waals surface area contributed by atoms with Crippen LogP contribution < -0.4 is 9.47 Å². The van der Waals surface area contributed by atoms with Gasteiger partial charge in [0.2, 0.25) is 5.91 Å². The Labute approximate surface area is 174 Å². The van der Waals surface area contributed by atoms with Crippen LogP contribution in [-0.4, -0.2) is 61.1 Å². The van der Waals surface area contributed by atoms with Crippen LogP contribution in [0.3, 0.4) is 0 Å². The number of halogens is 1. The maximum absolute atomic E-state index is 12.5. The average molecular weight is 422 g/mol. The number of piperazine rings is 1. The highest BCUT2D eigenvalue weighted by Gasteiger charge is 2.20. The predicted octanol–water partition coefficient (Wildman–Crippen LogP) is 3.48. The number of benzene rings is 1. The zero-order valence-electron chi connectivity index (χ0n) is 16.3. The van der Waals surface area contributed by atoms with E-state index in [2.05, 4.69) is 15.3 Å². The van der Waals surface area contributed by atoms with Crippen LogP contribution in [0.4, 0.5) is 0 Å². The van der Waals surface area contributed by atoms with Gasteiger partial charge in [0, 0.05) is 44.2 Å². The number of aryl methyl sites for hydroxylation is 1. The number of hydrogen-bond acceptors (Lipinski definition) is 6. The first-order chi connectivity index (χ1) is 13.5. The lowest BCUT2D eigenvalue weighted by molar-refractivity contribution is -0.127. The summed E-state index contributed by atoms with van der Waals surface area (Å²) in [5.41, 5.74) is 1.89. The molecule has 0 saturated carbocycles. The van der Waals surface area contributed by atoms with Gasteiger partial charge in [-0.3, -0.25) is 9.69 Å². The molecule has 3 rings (SSSR count). The average Bonchev–Trinajstić information content (AvgIpc) is 3.10. The van der Waals surface area contributed by atoms with Crippen molar-refractivity contribution in [1.29, 1.82) is 0 Å². The summed E-state index contributed by atoms with van der Waals surface area (Å²) in [6, 6.07) is 3.54. The molecule has 1 fully saturated rings. The minimum absolute atomic E-state index is 0.00457. The van der Waals surface area contributed by atoms with Crippen molar-refractivity contribution in [3.05, 3.63) is 44.9 Å². The van der Waals surface area contributed by atoms with Crippen LogP contribution in [0.15, 0.2) is 23.6 Å². The third-order valence-corrected chi connectivity index (χ3v) is 5.71. The standard InChI is InChI=1S/C20H24ClN3O3S/c1-14-22-16(13-28-14)12-23-6-8-24(9-7-23)19(25)5-4-15-10-17(21)20(27-3)18(11-15)26-2/h4-5,10-11,13H,6-9,12H2,1-3H3. The molecule has 2 aromatic rings. The minimum Gasteiger partial charge on any atom is -0.493 e. The van der Waals surface area contributed by atoms with Gasteiger partial charge in [0.1, 0.15) is 0 Å². The van der Waals surface area contributed by atoms with Crippen molar-refractivity contribution in [1.82, 2.24) is 14.8 Å². The molecule has 0 radical (unpaired) electrons. The molecule has 1 aromatic heterocycles. The van der Waals surface area contributed by atoms with Gasteiger partial charge in [0.05, 0.1) is 29.9 Å². The lowest BCUT2D eigenvalue weighted by atomic mass is 10.1. The van der Waals surface area contributed by atoms with Crippen molar-refractivity contribution in [3.8, 4) is 11.5 Å². The summed E-state index contributed by atoms with van der Waals surface area (Å²) in [5.74, 6) is 1.02. The largest absolute Gasteiger partial charge is 0.493 e. The van der Waals surface area contributed by atoms with E-state index >= 15 is 0 Å². The van der Waals surface area contributed by atoms with Gasteiger partial charge in [-0.05, 0) is 30.7 Å². The van der Waals surface area contributed by atoms with Gasteiger partial charge in [-0.1, -0.05) is 11.6 Å². The lowest BCUT2D eigenvalue weighted by Gasteiger charge is -2.33. The Kier molecular flexibility index (Phi) is 6.93. The van der Waals surface area contributed by atoms with Gasteiger partial charge >= 0.3 is 0 Å². The molecule has 0 unspecified atom stereocenters. The summed E-state index contributed by atoms with van der Waals surface area (Å²) in [5, 5.41) is 3.63. The second-order valence-corrected chi connectivity index (χ2v) is 8.00. The molecule has 0 spiro atoms. The van der Waals surface area contributed by atoms with Gasteiger partial charge in [0.15, 0.2) is 11.5 Å². The maximum atomic E-state index is 12.5. The van der Waals surface area contributed by atoms with Gasteiger partial charge in [-0.15, -0.1) is 11.3 Å². The molecule has 1 aromatic carbocycles. The summed E-state index contributed by atoms with van der Waals surface area (Å²) in [6.45, 7) is 5.96. The van der Waals surface area contributed by atoms with Crippen LogP contribution in [0.2, 0.25) is 5.02 Å². The van der Waals surface area contributed by atoms with Crippen molar-refractivity contribution < 1.29 is 14.3 Å². The smallest absolute Gasteiger partial charge is 0.246 e. The molecule has 150 valence electrons. The predicted molar refractivity (Wildman–Crippen MR) is 112 cm³/mol. The van der Waals surface area contributed by atoms with E-state index in [9.17, 15) is 4.79 Å². The zero-order chi connectivity index (χ0) is 20.1. The zero-order valence-corrected chi connectivity index (χ0v) is 17.8. The van der Waals surface area contributed by atoms with Crippen LogP contribution in [0.5, 0.6) is 11.5 Å². The van der Waals surface area contributed by atoms with E-state index in [1.54, 1.807) is 42.7 Å². The SMILES string of the molecule is COc1cc(C=CC(=O)N2CCN(Cc3csc(C)n3)CC2)cc(Cl)c1OC. The minimum atomic E-state index is -0.00457. The fourth-order valence-corrected chi connectivity index (χ4v) is 4.04. The maximum Gasteiger partial charge on any atom is 0.246 e. The van der Waals surface area contributed by atoms with E-state index in [0.29, 0.717) is 29.6 Å². The monoisotopic (exact) mass is 421 g/mol. The summed E-state index contributed by atoms with van der Waals surface area (Å²) in [4.78, 5) is 21.2. The topological polar surface area (TPSA) is 54.9 Å². The van der Waals surface area contributed by atoms with Gasteiger partial charge in [-0.2, -0.15) is 0 Å². The first-order valence-corrected chi connectivity index (χ1v) is 10.3. The van der Waals surface area contributed by atoms with Crippen molar-refractivity contribution >= 4 is 34.9 Å². The fraction of sp³-hybridized carbons (Fsp3) is 0.400. The number of nitrogens with zero attached hydrogens (tertiary/aromatic N) is 3. The number of methoxy groups -OCH3 is 2. The van der Waals surface area contributed by atoms with Crippen LogP contribution in [-0.2, 0) is 11.3 Å². The molecule has 6 nitrogen and oxygen atoms in total. The van der Waals surface area contributed by atoms with Crippen LogP contribution in [0.1, 0.15) is 16.3 Å². The van der Waals surface area contributed by atoms with Crippen molar-refractivity contribution in [2.24, 2.45) is 0 Å². The van der Waals surface area contributed by atoms with Crippen molar-refractivity contribution in [2.45, 2.75) is 13.5 Å². The fourth-order valence-electron chi connectivity index (χ4n) is 3.14.